The number of hydrogen-bond acceptors (Lipinski definition) is 2. The molecule has 0 bridgehead atoms. The maximum absolute atomic E-state index is 5.71. The standard InChI is InChI=1S/C15H21NO/c1-16(10-12-6-3-2-4-7-12)11-13-8-5-9-14-15(13)17-14/h2-4,6-7,13-15H,5,8-11H2,1H3/t13-,14+,15-/m0/s1. The molecule has 1 aliphatic carbocycles. The van der Waals surface area contributed by atoms with E-state index in [0.717, 1.165) is 12.5 Å². The molecular formula is C15H21NO. The fourth-order valence-corrected chi connectivity index (χ4v) is 3.10. The lowest BCUT2D eigenvalue weighted by molar-refractivity contribution is 0.221. The highest BCUT2D eigenvalue weighted by molar-refractivity contribution is 5.14. The van der Waals surface area contributed by atoms with Gasteiger partial charge in [-0.25, -0.2) is 0 Å². The maximum atomic E-state index is 5.71. The molecule has 1 saturated carbocycles. The van der Waals surface area contributed by atoms with Crippen molar-refractivity contribution in [1.82, 2.24) is 4.90 Å². The Bertz CT molecular complexity index is 364. The Morgan fingerprint density at radius 1 is 1.24 bits per heavy atom. The van der Waals surface area contributed by atoms with Crippen LogP contribution in [0.4, 0.5) is 0 Å². The first-order valence-corrected chi connectivity index (χ1v) is 6.71. The first kappa shape index (κ1) is 11.2. The highest BCUT2D eigenvalue weighted by atomic mass is 16.6. The topological polar surface area (TPSA) is 15.8 Å². The summed E-state index contributed by atoms with van der Waals surface area (Å²) in [6.07, 6.45) is 5.19. The molecule has 1 saturated heterocycles. The van der Waals surface area contributed by atoms with Gasteiger partial charge < -0.3 is 9.64 Å². The third kappa shape index (κ3) is 2.70. The van der Waals surface area contributed by atoms with E-state index >= 15 is 0 Å². The minimum atomic E-state index is 0.585. The van der Waals surface area contributed by atoms with Crippen LogP contribution in [0, 0.1) is 5.92 Å². The van der Waals surface area contributed by atoms with Crippen molar-refractivity contribution >= 4 is 0 Å². The van der Waals surface area contributed by atoms with E-state index in [1.807, 2.05) is 0 Å². The summed E-state index contributed by atoms with van der Waals surface area (Å²) >= 11 is 0. The number of benzene rings is 1. The molecule has 0 amide bonds. The molecule has 1 aromatic rings. The quantitative estimate of drug-likeness (QED) is 0.740. The van der Waals surface area contributed by atoms with Crippen molar-refractivity contribution in [2.45, 2.75) is 38.0 Å². The molecule has 0 unspecified atom stereocenters. The van der Waals surface area contributed by atoms with Crippen LogP contribution in [0.3, 0.4) is 0 Å². The monoisotopic (exact) mass is 231 g/mol. The Balaban J connectivity index is 1.51. The predicted molar refractivity (Wildman–Crippen MR) is 68.8 cm³/mol. The van der Waals surface area contributed by atoms with E-state index in [4.69, 9.17) is 4.74 Å². The Kier molecular flexibility index (Phi) is 3.17. The van der Waals surface area contributed by atoms with Gasteiger partial charge in [-0.15, -0.1) is 0 Å². The van der Waals surface area contributed by atoms with Crippen molar-refractivity contribution in [1.29, 1.82) is 0 Å². The van der Waals surface area contributed by atoms with E-state index in [9.17, 15) is 0 Å². The molecule has 2 heteroatoms. The normalized spacial score (nSPS) is 31.3. The lowest BCUT2D eigenvalue weighted by atomic mass is 9.89. The van der Waals surface area contributed by atoms with Crippen LogP contribution in [0.5, 0.6) is 0 Å². The van der Waals surface area contributed by atoms with Crippen LogP contribution in [-0.4, -0.2) is 30.7 Å². The molecule has 17 heavy (non-hydrogen) atoms. The van der Waals surface area contributed by atoms with Crippen molar-refractivity contribution in [3.8, 4) is 0 Å². The van der Waals surface area contributed by atoms with Gasteiger partial charge in [0.25, 0.3) is 0 Å². The average Bonchev–Trinajstić information content (AvgIpc) is 3.10. The van der Waals surface area contributed by atoms with Crippen LogP contribution in [0.1, 0.15) is 24.8 Å². The van der Waals surface area contributed by atoms with E-state index < -0.39 is 0 Å². The van der Waals surface area contributed by atoms with Crippen LogP contribution in [-0.2, 0) is 11.3 Å². The number of fused-ring (bicyclic) bond motifs is 1. The third-order valence-electron chi connectivity index (χ3n) is 3.99. The number of ether oxygens (including phenoxy) is 1. The number of epoxide rings is 1. The van der Waals surface area contributed by atoms with E-state index in [0.29, 0.717) is 12.2 Å². The van der Waals surface area contributed by atoms with Crippen LogP contribution >= 0.6 is 0 Å². The van der Waals surface area contributed by atoms with Gasteiger partial charge in [0, 0.05) is 19.0 Å². The van der Waals surface area contributed by atoms with Crippen molar-refractivity contribution in [3.63, 3.8) is 0 Å². The number of nitrogens with zero attached hydrogens (tertiary/aromatic N) is 1. The highest BCUT2D eigenvalue weighted by Crippen LogP contribution is 2.40. The fraction of sp³-hybridized carbons (Fsp3) is 0.600. The average molecular weight is 231 g/mol. The lowest BCUT2D eigenvalue weighted by Gasteiger charge is -2.25. The second kappa shape index (κ2) is 4.79. The molecule has 1 heterocycles. The lowest BCUT2D eigenvalue weighted by Crippen LogP contribution is -2.30. The van der Waals surface area contributed by atoms with Gasteiger partial charge in [-0.05, 0) is 25.5 Å². The van der Waals surface area contributed by atoms with Crippen LogP contribution < -0.4 is 0 Å². The van der Waals surface area contributed by atoms with Crippen molar-refractivity contribution in [2.24, 2.45) is 5.92 Å². The Morgan fingerprint density at radius 2 is 2.06 bits per heavy atom. The summed E-state index contributed by atoms with van der Waals surface area (Å²) in [6.45, 7) is 2.23. The third-order valence-corrected chi connectivity index (χ3v) is 3.99. The summed E-state index contributed by atoms with van der Waals surface area (Å²) < 4.78 is 5.71. The molecule has 0 spiro atoms. The SMILES string of the molecule is CN(Cc1ccccc1)C[C@@H]1CCC[C@H]2O[C@@H]12. The predicted octanol–water partition coefficient (Wildman–Crippen LogP) is 2.69. The van der Waals surface area contributed by atoms with E-state index in [1.165, 1.54) is 31.4 Å². The molecule has 0 radical (unpaired) electrons. The van der Waals surface area contributed by atoms with Gasteiger partial charge in [0.15, 0.2) is 0 Å². The maximum Gasteiger partial charge on any atom is 0.0882 e. The van der Waals surface area contributed by atoms with Crippen LogP contribution in [0.25, 0.3) is 0 Å². The zero-order valence-electron chi connectivity index (χ0n) is 10.5. The van der Waals surface area contributed by atoms with Gasteiger partial charge in [-0.2, -0.15) is 0 Å². The van der Waals surface area contributed by atoms with Gasteiger partial charge in [-0.1, -0.05) is 36.8 Å². The first-order valence-electron chi connectivity index (χ1n) is 6.71. The molecule has 2 fully saturated rings. The van der Waals surface area contributed by atoms with Crippen molar-refractivity contribution < 1.29 is 4.74 Å². The summed E-state index contributed by atoms with van der Waals surface area (Å²) in [7, 11) is 2.22. The van der Waals surface area contributed by atoms with Gasteiger partial charge in [0.05, 0.1) is 12.2 Å². The number of rotatable bonds is 4. The van der Waals surface area contributed by atoms with E-state index in [1.54, 1.807) is 0 Å². The Morgan fingerprint density at radius 3 is 2.88 bits per heavy atom. The molecule has 1 aliphatic heterocycles. The van der Waals surface area contributed by atoms with Gasteiger partial charge in [0.2, 0.25) is 0 Å². The molecule has 92 valence electrons. The second-order valence-electron chi connectivity index (χ2n) is 5.51. The minimum absolute atomic E-state index is 0.585. The van der Waals surface area contributed by atoms with E-state index in [2.05, 4.69) is 42.3 Å². The molecule has 2 aliphatic rings. The summed E-state index contributed by atoms with van der Waals surface area (Å²) in [5.41, 5.74) is 1.40. The fourth-order valence-electron chi connectivity index (χ4n) is 3.10. The molecule has 3 rings (SSSR count). The van der Waals surface area contributed by atoms with Crippen LogP contribution in [0.15, 0.2) is 30.3 Å². The smallest absolute Gasteiger partial charge is 0.0882 e. The van der Waals surface area contributed by atoms with Crippen LogP contribution in [0.2, 0.25) is 0 Å². The molecule has 2 nitrogen and oxygen atoms in total. The van der Waals surface area contributed by atoms with Gasteiger partial charge in [-0.3, -0.25) is 0 Å². The zero-order chi connectivity index (χ0) is 11.7. The van der Waals surface area contributed by atoms with E-state index in [-0.39, 0.29) is 0 Å². The number of hydrogen-bond donors (Lipinski definition) is 0. The molecule has 1 aromatic carbocycles. The minimum Gasteiger partial charge on any atom is -0.369 e. The Labute approximate surface area is 104 Å². The summed E-state index contributed by atoms with van der Waals surface area (Å²) in [6, 6.07) is 10.7. The molecular weight excluding hydrogens is 210 g/mol. The van der Waals surface area contributed by atoms with Crippen molar-refractivity contribution in [2.75, 3.05) is 13.6 Å². The van der Waals surface area contributed by atoms with Gasteiger partial charge >= 0.3 is 0 Å². The molecule has 3 atom stereocenters. The first-order chi connectivity index (χ1) is 8.33. The second-order valence-corrected chi connectivity index (χ2v) is 5.51. The summed E-state index contributed by atoms with van der Waals surface area (Å²) in [5.74, 6) is 0.766. The zero-order valence-corrected chi connectivity index (χ0v) is 10.5. The summed E-state index contributed by atoms with van der Waals surface area (Å²) in [4.78, 5) is 2.43. The van der Waals surface area contributed by atoms with Gasteiger partial charge in [0.1, 0.15) is 0 Å². The van der Waals surface area contributed by atoms with Crippen molar-refractivity contribution in [3.05, 3.63) is 35.9 Å². The highest BCUT2D eigenvalue weighted by Gasteiger charge is 2.46. The molecule has 0 aromatic heterocycles. The Hall–Kier alpha value is -0.860. The molecule has 0 N–H and O–H groups in total. The summed E-state index contributed by atoms with van der Waals surface area (Å²) in [5, 5.41) is 0. The largest absolute Gasteiger partial charge is 0.369 e.